The molecule has 3 aromatic rings. The molecule has 0 saturated heterocycles. The Kier molecular flexibility index (Phi) is 7.21. The molecule has 4 N–H and O–H groups in total. The van der Waals surface area contributed by atoms with Gasteiger partial charge in [-0.05, 0) is 48.0 Å². The van der Waals surface area contributed by atoms with Crippen molar-refractivity contribution in [2.24, 2.45) is 21.7 Å². The number of para-hydroxylation sites is 2. The molecule has 3 aromatic carbocycles. The van der Waals surface area contributed by atoms with Crippen LogP contribution in [0.25, 0.3) is 0 Å². The number of nitrogens with two attached hydrogens (primary N) is 2. The normalized spacial score (nSPS) is 10.5. The smallest absolute Gasteiger partial charge is 0.269 e. The molecular formula is C23H23N5O3. The summed E-state index contributed by atoms with van der Waals surface area (Å²) in [5.41, 5.74) is 12.7. The molecule has 0 fully saturated rings. The first-order valence-electron chi connectivity index (χ1n) is 9.44. The average Bonchev–Trinajstić information content (AvgIpc) is 2.79. The lowest BCUT2D eigenvalue weighted by atomic mass is 10.2. The molecule has 8 nitrogen and oxygen atoms in total. The van der Waals surface area contributed by atoms with Crippen LogP contribution in [0.5, 0.6) is 11.5 Å². The van der Waals surface area contributed by atoms with Gasteiger partial charge in [0.25, 0.3) is 5.91 Å². The number of hydrogen-bond donors (Lipinski definition) is 2. The number of nitrogens with zero attached hydrogens (tertiary/aromatic N) is 3. The maximum Gasteiger partial charge on any atom is 0.269 e. The van der Waals surface area contributed by atoms with E-state index in [9.17, 15) is 4.79 Å². The number of carbonyl (C=O) groups is 1. The van der Waals surface area contributed by atoms with Crippen molar-refractivity contribution in [3.63, 3.8) is 0 Å². The zero-order valence-electron chi connectivity index (χ0n) is 17.0. The number of ether oxygens (including phenoxy) is 2. The first kappa shape index (κ1) is 21.4. The quantitative estimate of drug-likeness (QED) is 0.332. The highest BCUT2D eigenvalue weighted by Crippen LogP contribution is 2.29. The molecule has 31 heavy (non-hydrogen) atoms. The zero-order valence-corrected chi connectivity index (χ0v) is 17.0. The molecule has 0 aliphatic rings. The van der Waals surface area contributed by atoms with Crippen LogP contribution >= 0.6 is 0 Å². The lowest BCUT2D eigenvalue weighted by molar-refractivity contribution is -0.119. The van der Waals surface area contributed by atoms with Crippen molar-refractivity contribution in [1.29, 1.82) is 0 Å². The minimum absolute atomic E-state index is 0.136. The molecule has 0 spiro atoms. The summed E-state index contributed by atoms with van der Waals surface area (Å²) in [6.07, 6.45) is 1.48. The van der Waals surface area contributed by atoms with Gasteiger partial charge in [-0.15, -0.1) is 5.10 Å². The molecule has 0 bridgehead atoms. The second-order valence-corrected chi connectivity index (χ2v) is 6.37. The Labute approximate surface area is 180 Å². The van der Waals surface area contributed by atoms with Gasteiger partial charge in [-0.25, -0.2) is 0 Å². The molecule has 8 heteroatoms. The number of benzene rings is 3. The molecule has 0 radical (unpaired) electrons. The van der Waals surface area contributed by atoms with E-state index < -0.39 is 0 Å². The second kappa shape index (κ2) is 10.4. The minimum Gasteiger partial charge on any atom is -0.493 e. The summed E-state index contributed by atoms with van der Waals surface area (Å²) in [7, 11) is 1.52. The van der Waals surface area contributed by atoms with Crippen LogP contribution in [-0.2, 0) is 4.79 Å². The third-order valence-corrected chi connectivity index (χ3v) is 4.20. The number of methoxy groups -OCH3 is 1. The van der Waals surface area contributed by atoms with Crippen molar-refractivity contribution >= 4 is 29.5 Å². The predicted molar refractivity (Wildman–Crippen MR) is 122 cm³/mol. The van der Waals surface area contributed by atoms with Crippen LogP contribution in [-0.4, -0.2) is 31.8 Å². The van der Waals surface area contributed by atoms with Gasteiger partial charge in [-0.2, -0.15) is 5.10 Å². The van der Waals surface area contributed by atoms with Gasteiger partial charge in [0.1, 0.15) is 0 Å². The van der Waals surface area contributed by atoms with E-state index in [-0.39, 0.29) is 18.5 Å². The van der Waals surface area contributed by atoms with Crippen LogP contribution in [0.3, 0.4) is 0 Å². The largest absolute Gasteiger partial charge is 0.493 e. The summed E-state index contributed by atoms with van der Waals surface area (Å²) in [5, 5.41) is 7.32. The van der Waals surface area contributed by atoms with E-state index in [1.54, 1.807) is 23.1 Å². The van der Waals surface area contributed by atoms with E-state index in [0.717, 1.165) is 11.4 Å². The average molecular weight is 417 g/mol. The van der Waals surface area contributed by atoms with Crippen LogP contribution in [0.2, 0.25) is 0 Å². The van der Waals surface area contributed by atoms with Gasteiger partial charge in [0.05, 0.1) is 13.3 Å². The first-order valence-corrected chi connectivity index (χ1v) is 9.44. The van der Waals surface area contributed by atoms with Gasteiger partial charge in [0.2, 0.25) is 5.96 Å². The molecule has 0 aliphatic heterocycles. The van der Waals surface area contributed by atoms with E-state index in [2.05, 4.69) is 10.2 Å². The number of amides is 1. The summed E-state index contributed by atoms with van der Waals surface area (Å²) < 4.78 is 11.2. The number of hydrogen-bond acceptors (Lipinski definition) is 5. The summed E-state index contributed by atoms with van der Waals surface area (Å²) >= 11 is 0. The van der Waals surface area contributed by atoms with Gasteiger partial charge < -0.3 is 20.9 Å². The highest BCUT2D eigenvalue weighted by atomic mass is 16.5. The van der Waals surface area contributed by atoms with E-state index in [0.29, 0.717) is 17.1 Å². The monoisotopic (exact) mass is 417 g/mol. The van der Waals surface area contributed by atoms with Crippen molar-refractivity contribution in [2.75, 3.05) is 18.6 Å². The number of guanidine groups is 1. The summed E-state index contributed by atoms with van der Waals surface area (Å²) in [6, 6.07) is 24.0. The summed E-state index contributed by atoms with van der Waals surface area (Å²) in [4.78, 5) is 14.7. The van der Waals surface area contributed by atoms with Crippen LogP contribution in [0.15, 0.2) is 89.1 Å². The Morgan fingerprint density at radius 2 is 1.55 bits per heavy atom. The molecular weight excluding hydrogens is 394 g/mol. The number of rotatable bonds is 8. The SMILES string of the molecule is COc1cc(C=NN=C(N)N)ccc1OCC(=O)N(c1ccccc1)c1ccccc1. The predicted octanol–water partition coefficient (Wildman–Crippen LogP) is 3.05. The van der Waals surface area contributed by atoms with E-state index in [1.165, 1.54) is 13.3 Å². The molecule has 0 saturated carbocycles. The molecule has 0 heterocycles. The molecule has 158 valence electrons. The lowest BCUT2D eigenvalue weighted by Gasteiger charge is -2.23. The van der Waals surface area contributed by atoms with E-state index >= 15 is 0 Å². The maximum absolute atomic E-state index is 13.1. The third kappa shape index (κ3) is 5.83. The Balaban J connectivity index is 1.78. The molecule has 0 aromatic heterocycles. The molecule has 0 aliphatic carbocycles. The van der Waals surface area contributed by atoms with Crippen LogP contribution in [0.4, 0.5) is 11.4 Å². The Bertz CT molecular complexity index is 1030. The standard InChI is InChI=1S/C23H23N5O3/c1-30-21-14-17(15-26-27-23(24)25)12-13-20(21)31-16-22(29)28(18-8-4-2-5-9-18)19-10-6-3-7-11-19/h2-15H,16H2,1H3,(H4,24,25,27). The van der Waals surface area contributed by atoms with Crippen molar-refractivity contribution in [2.45, 2.75) is 0 Å². The van der Waals surface area contributed by atoms with Crippen LogP contribution < -0.4 is 25.8 Å². The van der Waals surface area contributed by atoms with E-state index in [1.807, 2.05) is 60.7 Å². The van der Waals surface area contributed by atoms with Crippen molar-refractivity contribution in [3.05, 3.63) is 84.4 Å². The van der Waals surface area contributed by atoms with Crippen molar-refractivity contribution in [3.8, 4) is 11.5 Å². The van der Waals surface area contributed by atoms with Crippen LogP contribution in [0.1, 0.15) is 5.56 Å². The Morgan fingerprint density at radius 1 is 0.935 bits per heavy atom. The fraction of sp³-hybridized carbons (Fsp3) is 0.0870. The van der Waals surface area contributed by atoms with Gasteiger partial charge >= 0.3 is 0 Å². The van der Waals surface area contributed by atoms with E-state index in [4.69, 9.17) is 20.9 Å². The Morgan fingerprint density at radius 3 is 2.10 bits per heavy atom. The number of carbonyl (C=O) groups excluding carboxylic acids is 1. The van der Waals surface area contributed by atoms with Gasteiger partial charge in [0.15, 0.2) is 18.1 Å². The minimum atomic E-state index is -0.224. The zero-order chi connectivity index (χ0) is 22.1. The first-order chi connectivity index (χ1) is 15.1. The molecule has 0 unspecified atom stereocenters. The molecule has 0 atom stereocenters. The van der Waals surface area contributed by atoms with Crippen LogP contribution in [0, 0.1) is 0 Å². The Hall–Kier alpha value is -4.33. The highest BCUT2D eigenvalue weighted by Gasteiger charge is 2.19. The van der Waals surface area contributed by atoms with Gasteiger partial charge in [0, 0.05) is 11.4 Å². The fourth-order valence-electron chi connectivity index (χ4n) is 2.84. The number of anilines is 2. The fourth-order valence-corrected chi connectivity index (χ4v) is 2.84. The second-order valence-electron chi connectivity index (χ2n) is 6.37. The van der Waals surface area contributed by atoms with Crippen molar-refractivity contribution < 1.29 is 14.3 Å². The van der Waals surface area contributed by atoms with Gasteiger partial charge in [-0.1, -0.05) is 36.4 Å². The summed E-state index contributed by atoms with van der Waals surface area (Å²) in [5.74, 6) is 0.518. The summed E-state index contributed by atoms with van der Waals surface area (Å²) in [6.45, 7) is -0.179. The van der Waals surface area contributed by atoms with Crippen molar-refractivity contribution in [1.82, 2.24) is 0 Å². The topological polar surface area (TPSA) is 116 Å². The van der Waals surface area contributed by atoms with Gasteiger partial charge in [-0.3, -0.25) is 9.69 Å². The lowest BCUT2D eigenvalue weighted by Crippen LogP contribution is -2.30. The maximum atomic E-state index is 13.1. The molecule has 3 rings (SSSR count). The third-order valence-electron chi connectivity index (χ3n) is 4.20. The highest BCUT2D eigenvalue weighted by molar-refractivity contribution is 6.01. The molecule has 1 amide bonds.